The van der Waals surface area contributed by atoms with E-state index < -0.39 is 0 Å². The van der Waals surface area contributed by atoms with E-state index in [4.69, 9.17) is 4.98 Å². The quantitative estimate of drug-likeness (QED) is 0.650. The first kappa shape index (κ1) is 12.9. The van der Waals surface area contributed by atoms with Crippen LogP contribution in [0.5, 0.6) is 0 Å². The smallest absolute Gasteiger partial charge is 0.0705 e. The van der Waals surface area contributed by atoms with Gasteiger partial charge in [-0.2, -0.15) is 0 Å². The highest BCUT2D eigenvalue weighted by Gasteiger charge is 2.10. The highest BCUT2D eigenvalue weighted by Crippen LogP contribution is 2.24. The number of benzene rings is 2. The molecule has 0 spiro atoms. The van der Waals surface area contributed by atoms with Gasteiger partial charge in [-0.3, -0.25) is 4.98 Å². The minimum Gasteiger partial charge on any atom is -0.252 e. The maximum Gasteiger partial charge on any atom is 0.0705 e. The third-order valence-corrected chi connectivity index (χ3v) is 3.62. The molecule has 0 N–H and O–H groups in total. The summed E-state index contributed by atoms with van der Waals surface area (Å²) in [7, 11) is 0. The van der Waals surface area contributed by atoms with E-state index in [1.165, 1.54) is 22.2 Å². The lowest BCUT2D eigenvalue weighted by molar-refractivity contribution is 0.811. The van der Waals surface area contributed by atoms with Gasteiger partial charge in [0.25, 0.3) is 0 Å². The Morgan fingerprint density at radius 2 is 1.60 bits per heavy atom. The van der Waals surface area contributed by atoms with Crippen molar-refractivity contribution in [1.82, 2.24) is 4.98 Å². The normalized spacial score (nSPS) is 11.2. The SMILES string of the molecule is CC(C)c1nc2ccccc2cc1Cc1ccccc1. The standard InChI is InChI=1S/C19H19N/c1-14(2)19-17(12-15-8-4-3-5-9-15)13-16-10-6-7-11-18(16)20-19/h3-11,13-14H,12H2,1-2H3. The lowest BCUT2D eigenvalue weighted by Gasteiger charge is -2.13. The summed E-state index contributed by atoms with van der Waals surface area (Å²) in [4.78, 5) is 4.87. The predicted octanol–water partition coefficient (Wildman–Crippen LogP) is 4.95. The van der Waals surface area contributed by atoms with E-state index in [2.05, 4.69) is 74.5 Å². The van der Waals surface area contributed by atoms with Crippen LogP contribution >= 0.6 is 0 Å². The maximum atomic E-state index is 4.87. The zero-order valence-corrected chi connectivity index (χ0v) is 12.0. The largest absolute Gasteiger partial charge is 0.252 e. The molecule has 0 aliphatic heterocycles. The first-order valence-electron chi connectivity index (χ1n) is 7.16. The number of para-hydroxylation sites is 1. The van der Waals surface area contributed by atoms with Crippen LogP contribution in [-0.2, 0) is 6.42 Å². The molecule has 0 amide bonds. The van der Waals surface area contributed by atoms with Crippen LogP contribution in [0.1, 0.15) is 36.6 Å². The van der Waals surface area contributed by atoms with Gasteiger partial charge in [-0.25, -0.2) is 0 Å². The van der Waals surface area contributed by atoms with Crippen molar-refractivity contribution in [1.29, 1.82) is 0 Å². The van der Waals surface area contributed by atoms with Gasteiger partial charge in [-0.1, -0.05) is 62.4 Å². The fraction of sp³-hybridized carbons (Fsp3) is 0.211. The first-order valence-corrected chi connectivity index (χ1v) is 7.16. The topological polar surface area (TPSA) is 12.9 Å². The van der Waals surface area contributed by atoms with Crippen LogP contribution in [0.15, 0.2) is 60.7 Å². The molecule has 2 aromatic carbocycles. The van der Waals surface area contributed by atoms with Crippen molar-refractivity contribution in [3.05, 3.63) is 77.5 Å². The van der Waals surface area contributed by atoms with Crippen molar-refractivity contribution in [2.75, 3.05) is 0 Å². The monoisotopic (exact) mass is 261 g/mol. The van der Waals surface area contributed by atoms with E-state index in [9.17, 15) is 0 Å². The van der Waals surface area contributed by atoms with Crippen LogP contribution in [0, 0.1) is 0 Å². The summed E-state index contributed by atoms with van der Waals surface area (Å²) in [5, 5.41) is 1.22. The second kappa shape index (κ2) is 5.46. The number of aromatic nitrogens is 1. The number of nitrogens with zero attached hydrogens (tertiary/aromatic N) is 1. The van der Waals surface area contributed by atoms with E-state index in [-0.39, 0.29) is 0 Å². The summed E-state index contributed by atoms with van der Waals surface area (Å²) < 4.78 is 0. The summed E-state index contributed by atoms with van der Waals surface area (Å²) in [6.07, 6.45) is 0.951. The molecular weight excluding hydrogens is 242 g/mol. The van der Waals surface area contributed by atoms with Crippen LogP contribution in [0.3, 0.4) is 0 Å². The second-order valence-electron chi connectivity index (χ2n) is 5.54. The van der Waals surface area contributed by atoms with Crippen molar-refractivity contribution in [2.24, 2.45) is 0 Å². The molecule has 0 fully saturated rings. The highest BCUT2D eigenvalue weighted by atomic mass is 14.7. The first-order chi connectivity index (χ1) is 9.74. The molecule has 3 aromatic rings. The van der Waals surface area contributed by atoms with E-state index in [0.29, 0.717) is 5.92 Å². The molecule has 1 heterocycles. The highest BCUT2D eigenvalue weighted by molar-refractivity contribution is 5.79. The van der Waals surface area contributed by atoms with Gasteiger partial charge in [0.2, 0.25) is 0 Å². The molecule has 1 heteroatoms. The molecule has 20 heavy (non-hydrogen) atoms. The number of pyridine rings is 1. The van der Waals surface area contributed by atoms with Crippen molar-refractivity contribution in [2.45, 2.75) is 26.2 Å². The third kappa shape index (κ3) is 2.57. The Kier molecular flexibility index (Phi) is 3.51. The van der Waals surface area contributed by atoms with Crippen LogP contribution in [0.25, 0.3) is 10.9 Å². The number of rotatable bonds is 3. The van der Waals surface area contributed by atoms with Gasteiger partial charge >= 0.3 is 0 Å². The summed E-state index contributed by atoms with van der Waals surface area (Å²) in [6.45, 7) is 4.43. The molecule has 0 saturated heterocycles. The lowest BCUT2D eigenvalue weighted by Crippen LogP contribution is -2.01. The van der Waals surface area contributed by atoms with E-state index in [0.717, 1.165) is 11.9 Å². The molecule has 1 aromatic heterocycles. The summed E-state index contributed by atoms with van der Waals surface area (Å²) >= 11 is 0. The Morgan fingerprint density at radius 3 is 2.35 bits per heavy atom. The van der Waals surface area contributed by atoms with Gasteiger partial charge in [0.15, 0.2) is 0 Å². The van der Waals surface area contributed by atoms with Gasteiger partial charge in [0.05, 0.1) is 5.52 Å². The molecule has 0 bridgehead atoms. The lowest BCUT2D eigenvalue weighted by atomic mass is 9.96. The predicted molar refractivity (Wildman–Crippen MR) is 85.1 cm³/mol. The molecule has 0 radical (unpaired) electrons. The molecule has 0 saturated carbocycles. The minimum atomic E-state index is 0.443. The Hall–Kier alpha value is -2.15. The number of hydrogen-bond donors (Lipinski definition) is 0. The van der Waals surface area contributed by atoms with E-state index >= 15 is 0 Å². The van der Waals surface area contributed by atoms with Gasteiger partial charge in [-0.05, 0) is 35.6 Å². The maximum absolute atomic E-state index is 4.87. The van der Waals surface area contributed by atoms with E-state index in [1.54, 1.807) is 0 Å². The Morgan fingerprint density at radius 1 is 0.900 bits per heavy atom. The van der Waals surface area contributed by atoms with Crippen molar-refractivity contribution < 1.29 is 0 Å². The van der Waals surface area contributed by atoms with Gasteiger partial charge in [0.1, 0.15) is 0 Å². The molecular formula is C19H19N. The van der Waals surface area contributed by atoms with Crippen molar-refractivity contribution >= 4 is 10.9 Å². The number of fused-ring (bicyclic) bond motifs is 1. The number of hydrogen-bond acceptors (Lipinski definition) is 1. The summed E-state index contributed by atoms with van der Waals surface area (Å²) in [5.74, 6) is 0.443. The molecule has 0 aliphatic carbocycles. The molecule has 3 rings (SSSR count). The Balaban J connectivity index is 2.10. The van der Waals surface area contributed by atoms with Crippen LogP contribution in [-0.4, -0.2) is 4.98 Å². The molecule has 100 valence electrons. The van der Waals surface area contributed by atoms with Gasteiger partial charge in [-0.15, -0.1) is 0 Å². The Labute approximate surface area is 120 Å². The van der Waals surface area contributed by atoms with Crippen LogP contribution in [0.4, 0.5) is 0 Å². The van der Waals surface area contributed by atoms with Gasteiger partial charge in [0, 0.05) is 11.1 Å². The summed E-state index contributed by atoms with van der Waals surface area (Å²) in [6, 6.07) is 21.3. The molecule has 0 aliphatic rings. The zero-order valence-electron chi connectivity index (χ0n) is 12.0. The average Bonchev–Trinajstić information content (AvgIpc) is 2.47. The average molecular weight is 261 g/mol. The fourth-order valence-corrected chi connectivity index (χ4v) is 2.63. The zero-order chi connectivity index (χ0) is 13.9. The summed E-state index contributed by atoms with van der Waals surface area (Å²) in [5.41, 5.74) is 4.98. The van der Waals surface area contributed by atoms with E-state index in [1.807, 2.05) is 0 Å². The molecule has 1 nitrogen and oxygen atoms in total. The fourth-order valence-electron chi connectivity index (χ4n) is 2.63. The second-order valence-corrected chi connectivity index (χ2v) is 5.54. The van der Waals surface area contributed by atoms with Crippen molar-refractivity contribution in [3.63, 3.8) is 0 Å². The van der Waals surface area contributed by atoms with Crippen LogP contribution < -0.4 is 0 Å². The van der Waals surface area contributed by atoms with Crippen LogP contribution in [0.2, 0.25) is 0 Å². The molecule has 0 atom stereocenters. The van der Waals surface area contributed by atoms with Gasteiger partial charge < -0.3 is 0 Å². The Bertz CT molecular complexity index is 714. The third-order valence-electron chi connectivity index (χ3n) is 3.62. The van der Waals surface area contributed by atoms with Crippen molar-refractivity contribution in [3.8, 4) is 0 Å². The minimum absolute atomic E-state index is 0.443. The molecule has 0 unspecified atom stereocenters.